The number of aliphatic hydroxyl groups excluding tert-OH is 2. The molecule has 0 aliphatic carbocycles. The number of aliphatic hydroxyl groups is 2. The van der Waals surface area contributed by atoms with Crippen LogP contribution in [0.2, 0.25) is 0 Å². The predicted octanol–water partition coefficient (Wildman–Crippen LogP) is 1.55. The number of rotatable bonds is 5. The van der Waals surface area contributed by atoms with E-state index in [1.165, 1.54) is 6.07 Å². The average molecular weight is 263 g/mol. The van der Waals surface area contributed by atoms with Crippen molar-refractivity contribution in [2.45, 2.75) is 18.6 Å². The molecule has 1 aromatic carbocycles. The van der Waals surface area contributed by atoms with Crippen LogP contribution >= 0.6 is 11.6 Å². The molecule has 0 fully saturated rings. The highest BCUT2D eigenvalue weighted by molar-refractivity contribution is 6.17. The maximum absolute atomic E-state index is 13.5. The highest BCUT2D eigenvalue weighted by Gasteiger charge is 2.26. The van der Waals surface area contributed by atoms with Crippen LogP contribution in [-0.2, 0) is 0 Å². The molecule has 1 rings (SSSR count). The Morgan fingerprint density at radius 3 is 2.59 bits per heavy atom. The summed E-state index contributed by atoms with van der Waals surface area (Å²) in [5.41, 5.74) is -0.788. The van der Waals surface area contributed by atoms with Crippen molar-refractivity contribution in [1.82, 2.24) is 0 Å². The van der Waals surface area contributed by atoms with Gasteiger partial charge in [-0.15, -0.1) is 11.6 Å². The summed E-state index contributed by atoms with van der Waals surface area (Å²) < 4.78 is 13.5. The maximum atomic E-state index is 13.5. The van der Waals surface area contributed by atoms with Gasteiger partial charge in [0.2, 0.25) is 0 Å². The number of halogens is 2. The molecular weight excluding hydrogens is 251 g/mol. The van der Waals surface area contributed by atoms with Crippen molar-refractivity contribution in [3.8, 4) is 0 Å². The van der Waals surface area contributed by atoms with Crippen LogP contribution in [0.25, 0.3) is 0 Å². The molecule has 0 aromatic heterocycles. The molecule has 4 nitrogen and oxygen atoms in total. The van der Waals surface area contributed by atoms with Crippen LogP contribution in [0.4, 0.5) is 4.39 Å². The Kier molecular flexibility index (Phi) is 4.86. The molecule has 17 heavy (non-hydrogen) atoms. The number of alkyl halides is 1. The van der Waals surface area contributed by atoms with E-state index in [1.807, 2.05) is 0 Å². The van der Waals surface area contributed by atoms with Crippen molar-refractivity contribution >= 4 is 17.6 Å². The monoisotopic (exact) mass is 262 g/mol. The van der Waals surface area contributed by atoms with E-state index in [0.29, 0.717) is 0 Å². The lowest BCUT2D eigenvalue weighted by Gasteiger charge is -2.19. The van der Waals surface area contributed by atoms with Gasteiger partial charge in [-0.05, 0) is 18.6 Å². The van der Waals surface area contributed by atoms with Gasteiger partial charge >= 0.3 is 5.97 Å². The summed E-state index contributed by atoms with van der Waals surface area (Å²) >= 11 is 5.39. The summed E-state index contributed by atoms with van der Waals surface area (Å²) in [5, 5.41) is 28.1. The smallest absolute Gasteiger partial charge is 0.336 e. The fourth-order valence-electron chi connectivity index (χ4n) is 1.49. The Balaban J connectivity index is 3.15. The largest absolute Gasteiger partial charge is 0.478 e. The van der Waals surface area contributed by atoms with Crippen molar-refractivity contribution in [2.75, 3.05) is 5.88 Å². The molecule has 0 heterocycles. The third-order valence-electron chi connectivity index (χ3n) is 2.35. The number of carboxylic acids is 1. The van der Waals surface area contributed by atoms with Gasteiger partial charge in [0.05, 0.1) is 11.7 Å². The molecule has 94 valence electrons. The Labute approximate surface area is 102 Å². The summed E-state index contributed by atoms with van der Waals surface area (Å²) in [6, 6.07) is 3.42. The summed E-state index contributed by atoms with van der Waals surface area (Å²) in [7, 11) is 0. The lowest BCUT2D eigenvalue weighted by molar-refractivity contribution is 0.0139. The number of hydrogen-bond acceptors (Lipinski definition) is 3. The Bertz CT molecular complexity index is 410. The molecule has 2 unspecified atom stereocenters. The third-order valence-corrected chi connectivity index (χ3v) is 2.57. The number of aromatic carboxylic acids is 1. The standard InChI is InChI=1S/C11H12ClFO4/c12-5-4-8(14)10(15)9-6(11(16)17)2-1-3-7(9)13/h1-3,8,10,14-15H,4-5H2,(H,16,17). The molecule has 0 saturated carbocycles. The van der Waals surface area contributed by atoms with Gasteiger partial charge in [-0.1, -0.05) is 6.07 Å². The van der Waals surface area contributed by atoms with E-state index in [4.69, 9.17) is 16.7 Å². The SMILES string of the molecule is O=C(O)c1cccc(F)c1C(O)C(O)CCCl. The van der Waals surface area contributed by atoms with Gasteiger partial charge in [-0.25, -0.2) is 9.18 Å². The summed E-state index contributed by atoms with van der Waals surface area (Å²) in [6.07, 6.45) is -2.88. The van der Waals surface area contributed by atoms with Gasteiger partial charge in [0.15, 0.2) is 0 Å². The van der Waals surface area contributed by atoms with Crippen molar-refractivity contribution in [3.05, 3.63) is 35.1 Å². The van der Waals surface area contributed by atoms with Crippen molar-refractivity contribution in [1.29, 1.82) is 0 Å². The predicted molar refractivity (Wildman–Crippen MR) is 59.7 cm³/mol. The highest BCUT2D eigenvalue weighted by atomic mass is 35.5. The molecule has 0 amide bonds. The molecule has 2 atom stereocenters. The van der Waals surface area contributed by atoms with Crippen molar-refractivity contribution in [3.63, 3.8) is 0 Å². The first-order valence-electron chi connectivity index (χ1n) is 4.92. The van der Waals surface area contributed by atoms with Crippen molar-refractivity contribution in [2.24, 2.45) is 0 Å². The van der Waals surface area contributed by atoms with Crippen molar-refractivity contribution < 1.29 is 24.5 Å². The lowest BCUT2D eigenvalue weighted by atomic mass is 9.97. The summed E-state index contributed by atoms with van der Waals surface area (Å²) in [4.78, 5) is 10.9. The molecule has 0 spiro atoms. The molecule has 6 heteroatoms. The second-order valence-corrected chi connectivity index (χ2v) is 3.87. The Morgan fingerprint density at radius 2 is 2.06 bits per heavy atom. The molecule has 0 aliphatic rings. The molecule has 0 aliphatic heterocycles. The van der Waals surface area contributed by atoms with Crippen LogP contribution in [0.5, 0.6) is 0 Å². The fourth-order valence-corrected chi connectivity index (χ4v) is 1.71. The first-order chi connectivity index (χ1) is 7.99. The third kappa shape index (κ3) is 3.15. The van der Waals surface area contributed by atoms with E-state index >= 15 is 0 Å². The molecule has 0 bridgehead atoms. The second-order valence-electron chi connectivity index (χ2n) is 3.50. The lowest BCUT2D eigenvalue weighted by Crippen LogP contribution is -2.22. The topological polar surface area (TPSA) is 77.8 Å². The van der Waals surface area contributed by atoms with E-state index in [0.717, 1.165) is 12.1 Å². The van der Waals surface area contributed by atoms with Crippen LogP contribution in [0.1, 0.15) is 28.4 Å². The number of carbonyl (C=O) groups is 1. The average Bonchev–Trinajstić information content (AvgIpc) is 2.28. The van der Waals surface area contributed by atoms with Crippen LogP contribution in [-0.4, -0.2) is 33.3 Å². The quantitative estimate of drug-likeness (QED) is 0.704. The Morgan fingerprint density at radius 1 is 1.41 bits per heavy atom. The number of carboxylic acid groups (broad SMARTS) is 1. The van der Waals surface area contributed by atoms with Gasteiger partial charge in [0.1, 0.15) is 11.9 Å². The van der Waals surface area contributed by atoms with Gasteiger partial charge in [0.25, 0.3) is 0 Å². The van der Waals surface area contributed by atoms with E-state index in [-0.39, 0.29) is 17.9 Å². The van der Waals surface area contributed by atoms with Gasteiger partial charge in [-0.3, -0.25) is 0 Å². The zero-order valence-electron chi connectivity index (χ0n) is 8.81. The minimum atomic E-state index is -1.61. The van der Waals surface area contributed by atoms with E-state index in [9.17, 15) is 19.4 Å². The maximum Gasteiger partial charge on any atom is 0.336 e. The van der Waals surface area contributed by atoms with E-state index in [1.54, 1.807) is 0 Å². The molecule has 3 N–H and O–H groups in total. The minimum absolute atomic E-state index is 0.0378. The molecular formula is C11H12ClFO4. The van der Waals surface area contributed by atoms with Gasteiger partial charge in [-0.2, -0.15) is 0 Å². The first-order valence-corrected chi connectivity index (χ1v) is 5.46. The summed E-state index contributed by atoms with van der Waals surface area (Å²) in [6.45, 7) is 0. The van der Waals surface area contributed by atoms with Gasteiger partial charge < -0.3 is 15.3 Å². The fraction of sp³-hybridized carbons (Fsp3) is 0.364. The molecule has 0 saturated heterocycles. The molecule has 1 aromatic rings. The van der Waals surface area contributed by atoms with E-state index < -0.39 is 29.6 Å². The van der Waals surface area contributed by atoms with Crippen LogP contribution in [0.3, 0.4) is 0 Å². The van der Waals surface area contributed by atoms with Crippen LogP contribution in [0, 0.1) is 5.82 Å². The van der Waals surface area contributed by atoms with Gasteiger partial charge in [0, 0.05) is 11.4 Å². The second kappa shape index (κ2) is 5.95. The minimum Gasteiger partial charge on any atom is -0.478 e. The van der Waals surface area contributed by atoms with Crippen LogP contribution in [0.15, 0.2) is 18.2 Å². The zero-order valence-corrected chi connectivity index (χ0v) is 9.56. The normalized spacial score (nSPS) is 14.4. The zero-order chi connectivity index (χ0) is 13.0. The molecule has 0 radical (unpaired) electrons. The number of hydrogen-bond donors (Lipinski definition) is 3. The number of benzene rings is 1. The van der Waals surface area contributed by atoms with Crippen LogP contribution < -0.4 is 0 Å². The Hall–Kier alpha value is -1.17. The summed E-state index contributed by atoms with van der Waals surface area (Å²) in [5.74, 6) is -2.16. The highest BCUT2D eigenvalue weighted by Crippen LogP contribution is 2.26. The first kappa shape index (κ1) is 13.9. The van der Waals surface area contributed by atoms with E-state index in [2.05, 4.69) is 0 Å².